The zero-order valence-electron chi connectivity index (χ0n) is 24.9. The van der Waals surface area contributed by atoms with E-state index in [2.05, 4.69) is 64.3 Å². The predicted octanol–water partition coefficient (Wildman–Crippen LogP) is 7.04. The Bertz CT molecular complexity index is 1180. The summed E-state index contributed by atoms with van der Waals surface area (Å²) >= 11 is 6.33. The first-order valence-corrected chi connectivity index (χ1v) is 14.1. The molecule has 216 valence electrons. The predicted molar refractivity (Wildman–Crippen MR) is 158 cm³/mol. The van der Waals surface area contributed by atoms with Crippen molar-refractivity contribution in [1.82, 2.24) is 5.32 Å². The number of hydrogen-bond acceptors (Lipinski definition) is 5. The van der Waals surface area contributed by atoms with Crippen LogP contribution < -0.4 is 20.1 Å². The highest BCUT2D eigenvalue weighted by Crippen LogP contribution is 2.41. The Morgan fingerprint density at radius 3 is 2.21 bits per heavy atom. The number of amides is 2. The minimum Gasteiger partial charge on any atom is -0.504 e. The topological polar surface area (TPSA) is 96.9 Å². The maximum absolute atomic E-state index is 13.4. The Morgan fingerprint density at radius 2 is 1.64 bits per heavy atom. The molecule has 0 saturated heterocycles. The van der Waals surface area contributed by atoms with Gasteiger partial charge in [0.1, 0.15) is 11.5 Å². The summed E-state index contributed by atoms with van der Waals surface area (Å²) in [7, 11) is 0. The van der Waals surface area contributed by atoms with Gasteiger partial charge in [-0.3, -0.25) is 9.59 Å². The molecule has 1 atom stereocenters. The summed E-state index contributed by atoms with van der Waals surface area (Å²) < 4.78 is 12.0. The minimum absolute atomic E-state index is 0.0118. The van der Waals surface area contributed by atoms with Crippen LogP contribution in [0.25, 0.3) is 0 Å². The first kappa shape index (κ1) is 32.3. The van der Waals surface area contributed by atoms with Crippen LogP contribution in [0.4, 0.5) is 5.69 Å². The summed E-state index contributed by atoms with van der Waals surface area (Å²) in [6.45, 7) is 18.7. The zero-order chi connectivity index (χ0) is 29.5. The van der Waals surface area contributed by atoms with Crippen molar-refractivity contribution in [1.29, 1.82) is 0 Å². The number of phenolic OH excluding ortho intramolecular Hbond substituents is 1. The average molecular weight is 561 g/mol. The average Bonchev–Trinajstić information content (AvgIpc) is 2.91. The molecule has 0 fully saturated rings. The van der Waals surface area contributed by atoms with Gasteiger partial charge >= 0.3 is 0 Å². The monoisotopic (exact) mass is 560 g/mol. The quantitative estimate of drug-likeness (QED) is 0.228. The molecule has 7 nitrogen and oxygen atoms in total. The number of benzene rings is 2. The van der Waals surface area contributed by atoms with Crippen LogP contribution in [0, 0.1) is 6.92 Å². The van der Waals surface area contributed by atoms with Gasteiger partial charge in [0.15, 0.2) is 18.5 Å². The van der Waals surface area contributed by atoms with Crippen molar-refractivity contribution in [2.24, 2.45) is 0 Å². The molecule has 2 aromatic rings. The van der Waals surface area contributed by atoms with Gasteiger partial charge in [-0.1, -0.05) is 72.2 Å². The highest BCUT2D eigenvalue weighted by molar-refractivity contribution is 6.33. The zero-order valence-corrected chi connectivity index (χ0v) is 25.6. The van der Waals surface area contributed by atoms with Gasteiger partial charge in [0.05, 0.1) is 10.7 Å². The lowest BCUT2D eigenvalue weighted by Gasteiger charge is -2.31. The Kier molecular flexibility index (Phi) is 11.1. The van der Waals surface area contributed by atoms with Crippen LogP contribution in [0.2, 0.25) is 5.02 Å². The second kappa shape index (κ2) is 13.4. The van der Waals surface area contributed by atoms with E-state index in [1.165, 1.54) is 11.6 Å². The summed E-state index contributed by atoms with van der Waals surface area (Å²) in [5, 5.41) is 16.1. The molecular weight excluding hydrogens is 516 g/mol. The largest absolute Gasteiger partial charge is 0.504 e. The van der Waals surface area contributed by atoms with Gasteiger partial charge < -0.3 is 25.2 Å². The normalized spacial score (nSPS) is 12.6. The standard InChI is InChI=1S/C31H45ClN2O5/c1-10-23(39-24-15-14-20(30(6,7)11-2)16-21(24)31(8,9)12-3)29(37)34-22-17-25(19(5)27(32)28(22)36)38-18-26(35)33-13-4/h14-17,23,36H,10-13,18H2,1-9H3,(H,33,35)(H,34,37). The minimum atomic E-state index is -0.819. The fourth-order valence-electron chi connectivity index (χ4n) is 4.01. The number of carbonyl (C=O) groups excluding carboxylic acids is 2. The molecular formula is C31H45ClN2O5. The molecule has 2 rings (SSSR count). The van der Waals surface area contributed by atoms with Crippen LogP contribution in [0.15, 0.2) is 24.3 Å². The van der Waals surface area contributed by atoms with Gasteiger partial charge in [-0.15, -0.1) is 0 Å². The van der Waals surface area contributed by atoms with Crippen LogP contribution in [0.3, 0.4) is 0 Å². The number of carbonyl (C=O) groups is 2. The summed E-state index contributed by atoms with van der Waals surface area (Å²) in [6, 6.07) is 7.70. The van der Waals surface area contributed by atoms with Crippen LogP contribution >= 0.6 is 11.6 Å². The number of ether oxygens (including phenoxy) is 2. The van der Waals surface area contributed by atoms with Crippen LogP contribution in [-0.4, -0.2) is 36.2 Å². The van der Waals surface area contributed by atoms with E-state index in [1.54, 1.807) is 6.92 Å². The summed E-state index contributed by atoms with van der Waals surface area (Å²) in [6.07, 6.45) is 1.48. The maximum Gasteiger partial charge on any atom is 0.265 e. The molecule has 0 aliphatic rings. The molecule has 0 aromatic heterocycles. The van der Waals surface area contributed by atoms with Crippen LogP contribution in [-0.2, 0) is 20.4 Å². The Labute approximate surface area is 238 Å². The molecule has 2 aromatic carbocycles. The van der Waals surface area contributed by atoms with Crippen LogP contribution in [0.1, 0.15) is 91.3 Å². The number of nitrogens with one attached hydrogen (secondary N) is 2. The fraction of sp³-hybridized carbons (Fsp3) is 0.548. The number of halogens is 1. The second-order valence-electron chi connectivity index (χ2n) is 11.1. The highest BCUT2D eigenvalue weighted by atomic mass is 35.5. The molecule has 39 heavy (non-hydrogen) atoms. The lowest BCUT2D eigenvalue weighted by molar-refractivity contribution is -0.123. The third-order valence-electron chi connectivity index (χ3n) is 7.62. The van der Waals surface area contributed by atoms with Crippen LogP contribution in [0.5, 0.6) is 17.2 Å². The number of likely N-dealkylation sites (N-methyl/N-ethyl adjacent to an activating group) is 1. The van der Waals surface area contributed by atoms with Gasteiger partial charge in [0, 0.05) is 23.7 Å². The molecule has 0 bridgehead atoms. The maximum atomic E-state index is 13.4. The van der Waals surface area contributed by atoms with Gasteiger partial charge in [-0.2, -0.15) is 0 Å². The van der Waals surface area contributed by atoms with Crippen molar-refractivity contribution < 1.29 is 24.2 Å². The van der Waals surface area contributed by atoms with Crippen molar-refractivity contribution in [3.63, 3.8) is 0 Å². The molecule has 2 amide bonds. The molecule has 3 N–H and O–H groups in total. The molecule has 0 aliphatic carbocycles. The number of anilines is 1. The van der Waals surface area contributed by atoms with E-state index in [1.807, 2.05) is 19.9 Å². The number of rotatable bonds is 13. The Morgan fingerprint density at radius 1 is 1.00 bits per heavy atom. The van der Waals surface area contributed by atoms with Gasteiger partial charge in [0.25, 0.3) is 11.8 Å². The van der Waals surface area contributed by atoms with E-state index in [9.17, 15) is 14.7 Å². The van der Waals surface area contributed by atoms with E-state index in [4.69, 9.17) is 21.1 Å². The SMILES string of the molecule is CCNC(=O)COc1cc(NC(=O)C(CC)Oc2ccc(C(C)(C)CC)cc2C(C)(C)CC)c(O)c(Cl)c1C. The molecule has 8 heteroatoms. The third-order valence-corrected chi connectivity index (χ3v) is 8.08. The third kappa shape index (κ3) is 7.81. The van der Waals surface area contributed by atoms with E-state index >= 15 is 0 Å². The fourth-order valence-corrected chi connectivity index (χ4v) is 4.21. The number of hydrogen-bond donors (Lipinski definition) is 3. The summed E-state index contributed by atoms with van der Waals surface area (Å²) in [5.74, 6) is -0.0429. The molecule has 0 heterocycles. The van der Waals surface area contributed by atoms with E-state index in [0.29, 0.717) is 24.3 Å². The Balaban J connectivity index is 2.37. The number of aromatic hydroxyl groups is 1. The molecule has 1 unspecified atom stereocenters. The smallest absolute Gasteiger partial charge is 0.265 e. The Hall–Kier alpha value is -2.93. The lowest BCUT2D eigenvalue weighted by Crippen LogP contribution is -2.33. The van der Waals surface area contributed by atoms with Crippen molar-refractivity contribution in [2.75, 3.05) is 18.5 Å². The van der Waals surface area contributed by atoms with Gasteiger partial charge in [0.2, 0.25) is 0 Å². The summed E-state index contributed by atoms with van der Waals surface area (Å²) in [5.41, 5.74) is 2.67. The van der Waals surface area contributed by atoms with Crippen molar-refractivity contribution in [3.8, 4) is 17.2 Å². The molecule has 0 aliphatic heterocycles. The van der Waals surface area contributed by atoms with Crippen molar-refractivity contribution in [2.45, 2.75) is 98.5 Å². The summed E-state index contributed by atoms with van der Waals surface area (Å²) in [4.78, 5) is 25.2. The first-order valence-electron chi connectivity index (χ1n) is 13.8. The molecule has 0 radical (unpaired) electrons. The van der Waals surface area contributed by atoms with Crippen molar-refractivity contribution >= 4 is 29.1 Å². The molecule has 0 spiro atoms. The highest BCUT2D eigenvalue weighted by Gasteiger charge is 2.29. The van der Waals surface area contributed by atoms with E-state index in [0.717, 1.165) is 18.4 Å². The van der Waals surface area contributed by atoms with E-state index in [-0.39, 0.29) is 45.6 Å². The first-order chi connectivity index (χ1) is 18.2. The lowest BCUT2D eigenvalue weighted by atomic mass is 9.76. The van der Waals surface area contributed by atoms with E-state index < -0.39 is 12.0 Å². The van der Waals surface area contributed by atoms with Gasteiger partial charge in [-0.05, 0) is 55.6 Å². The number of phenols is 1. The van der Waals surface area contributed by atoms with Crippen molar-refractivity contribution in [3.05, 3.63) is 46.0 Å². The van der Waals surface area contributed by atoms with Gasteiger partial charge in [-0.25, -0.2) is 0 Å². The molecule has 0 saturated carbocycles. The second-order valence-corrected chi connectivity index (χ2v) is 11.5.